The van der Waals surface area contributed by atoms with Crippen LogP contribution in [0.15, 0.2) is 10.6 Å². The van der Waals surface area contributed by atoms with Crippen LogP contribution in [0.3, 0.4) is 0 Å². The summed E-state index contributed by atoms with van der Waals surface area (Å²) < 4.78 is 24.4. The molecule has 3 saturated heterocycles. The van der Waals surface area contributed by atoms with Crippen LogP contribution in [0.25, 0.3) is 11.0 Å². The molecule has 1 aromatic carbocycles. The zero-order valence-electron chi connectivity index (χ0n) is 12.2. The summed E-state index contributed by atoms with van der Waals surface area (Å²) >= 11 is 5.91. The minimum absolute atomic E-state index is 0.0828. The second kappa shape index (κ2) is 5.28. The van der Waals surface area contributed by atoms with Crippen LogP contribution in [-0.4, -0.2) is 42.8 Å². The van der Waals surface area contributed by atoms with Gasteiger partial charge in [0, 0.05) is 12.6 Å². The second-order valence-electron chi connectivity index (χ2n) is 6.00. The molecule has 0 radical (unpaired) electrons. The Morgan fingerprint density at radius 1 is 1.45 bits per heavy atom. The zero-order valence-corrected chi connectivity index (χ0v) is 13.0. The molecule has 1 unspecified atom stereocenters. The maximum Gasteiger partial charge on any atom is 0.212 e. The molecule has 7 heteroatoms. The Morgan fingerprint density at radius 3 is 2.86 bits per heavy atom. The molecule has 3 aliphatic heterocycles. The summed E-state index contributed by atoms with van der Waals surface area (Å²) in [4.78, 5) is 2.44. The largest absolute Gasteiger partial charge is 0.491 e. The second-order valence-corrected chi connectivity index (χ2v) is 6.38. The van der Waals surface area contributed by atoms with Crippen molar-refractivity contribution in [2.24, 2.45) is 5.92 Å². The number of hydrogen-bond donors (Lipinski definition) is 1. The number of halogens is 2. The Bertz CT molecular complexity index is 712. The summed E-state index contributed by atoms with van der Waals surface area (Å²) in [5.41, 5.74) is 0.373. The van der Waals surface area contributed by atoms with Crippen LogP contribution in [0, 0.1) is 11.7 Å². The minimum atomic E-state index is -0.536. The first-order valence-electron chi connectivity index (χ1n) is 7.47. The highest BCUT2D eigenvalue weighted by Crippen LogP contribution is 2.39. The normalized spacial score (nSPS) is 27.3. The summed E-state index contributed by atoms with van der Waals surface area (Å²) in [6.45, 7) is 3.33. The van der Waals surface area contributed by atoms with Gasteiger partial charge in [-0.15, -0.1) is 0 Å². The zero-order chi connectivity index (χ0) is 15.3. The van der Waals surface area contributed by atoms with E-state index >= 15 is 0 Å². The highest BCUT2D eigenvalue weighted by atomic mass is 35.5. The van der Waals surface area contributed by atoms with Crippen LogP contribution in [0.4, 0.5) is 10.2 Å². The molecular weight excluding hydrogens is 309 g/mol. The van der Waals surface area contributed by atoms with Gasteiger partial charge in [0.2, 0.25) is 5.58 Å². The summed E-state index contributed by atoms with van der Waals surface area (Å²) in [6, 6.07) is 1.67. The molecular formula is C15H17ClFN3O2. The standard InChI is InChI=1S/C15H17ClFN3O2/c1-21-14-12(16)10(17)6-9-13(14)22-19-15(9)18-11-7-20-4-2-8(11)3-5-20/h6,8,11H,2-5,7H2,1H3,(H,18,19). The number of methoxy groups -OCH3 is 1. The number of rotatable bonds is 3. The highest BCUT2D eigenvalue weighted by molar-refractivity contribution is 6.33. The Balaban J connectivity index is 1.69. The van der Waals surface area contributed by atoms with Crippen molar-refractivity contribution in [1.82, 2.24) is 10.1 Å². The van der Waals surface area contributed by atoms with Crippen molar-refractivity contribution < 1.29 is 13.7 Å². The number of nitrogens with one attached hydrogen (secondary N) is 1. The SMILES string of the molecule is COc1c(Cl)c(F)cc2c(NC3CN4CCC3CC4)noc12. The molecule has 2 aromatic rings. The summed E-state index contributed by atoms with van der Waals surface area (Å²) in [7, 11) is 1.43. The smallest absolute Gasteiger partial charge is 0.212 e. The molecule has 5 nitrogen and oxygen atoms in total. The van der Waals surface area contributed by atoms with Crippen molar-refractivity contribution in [2.75, 3.05) is 32.1 Å². The molecule has 2 bridgehead atoms. The topological polar surface area (TPSA) is 50.5 Å². The molecule has 3 aliphatic rings. The van der Waals surface area contributed by atoms with Gasteiger partial charge in [-0.3, -0.25) is 0 Å². The van der Waals surface area contributed by atoms with Crippen molar-refractivity contribution in [3.63, 3.8) is 0 Å². The number of nitrogens with zero attached hydrogens (tertiary/aromatic N) is 2. The van der Waals surface area contributed by atoms with E-state index in [1.54, 1.807) is 0 Å². The minimum Gasteiger partial charge on any atom is -0.491 e. The third kappa shape index (κ3) is 2.13. The number of fused-ring (bicyclic) bond motifs is 4. The van der Waals surface area contributed by atoms with Crippen LogP contribution < -0.4 is 10.1 Å². The van der Waals surface area contributed by atoms with Gasteiger partial charge in [-0.2, -0.15) is 0 Å². The Kier molecular flexibility index (Phi) is 3.38. The quantitative estimate of drug-likeness (QED) is 0.939. The fourth-order valence-electron chi connectivity index (χ4n) is 3.58. The number of hydrogen-bond acceptors (Lipinski definition) is 5. The van der Waals surface area contributed by atoms with E-state index in [1.807, 2.05) is 0 Å². The van der Waals surface area contributed by atoms with E-state index in [4.69, 9.17) is 20.9 Å². The third-order valence-electron chi connectivity index (χ3n) is 4.80. The molecule has 1 atom stereocenters. The van der Waals surface area contributed by atoms with Crippen molar-refractivity contribution in [2.45, 2.75) is 18.9 Å². The molecule has 0 aliphatic carbocycles. The number of benzene rings is 1. The Morgan fingerprint density at radius 2 is 2.23 bits per heavy atom. The van der Waals surface area contributed by atoms with Crippen molar-refractivity contribution in [3.8, 4) is 5.75 Å². The molecule has 1 aromatic heterocycles. The number of piperidine rings is 3. The van der Waals surface area contributed by atoms with E-state index < -0.39 is 5.82 Å². The van der Waals surface area contributed by atoms with E-state index in [0.717, 1.165) is 6.54 Å². The number of anilines is 1. The maximum absolute atomic E-state index is 14.0. The molecule has 1 N–H and O–H groups in total. The molecule has 0 amide bonds. The third-order valence-corrected chi connectivity index (χ3v) is 5.15. The predicted molar refractivity (Wildman–Crippen MR) is 82.1 cm³/mol. The molecule has 0 spiro atoms. The van der Waals surface area contributed by atoms with Crippen LogP contribution in [0.2, 0.25) is 5.02 Å². The van der Waals surface area contributed by atoms with Crippen molar-refractivity contribution >= 4 is 28.4 Å². The molecule has 5 rings (SSSR count). The van der Waals surface area contributed by atoms with Gasteiger partial charge in [0.1, 0.15) is 10.8 Å². The van der Waals surface area contributed by atoms with Gasteiger partial charge in [0.05, 0.1) is 12.5 Å². The van der Waals surface area contributed by atoms with Gasteiger partial charge in [0.15, 0.2) is 11.6 Å². The fourth-order valence-corrected chi connectivity index (χ4v) is 3.80. The van der Waals surface area contributed by atoms with Crippen LogP contribution in [0.1, 0.15) is 12.8 Å². The first-order chi connectivity index (χ1) is 10.7. The summed E-state index contributed by atoms with van der Waals surface area (Å²) in [6.07, 6.45) is 2.38. The molecule has 22 heavy (non-hydrogen) atoms. The maximum atomic E-state index is 14.0. The van der Waals surface area contributed by atoms with Gasteiger partial charge in [-0.05, 0) is 37.9 Å². The monoisotopic (exact) mass is 325 g/mol. The number of aromatic nitrogens is 1. The van der Waals surface area contributed by atoms with Crippen LogP contribution in [0.5, 0.6) is 5.75 Å². The lowest BCUT2D eigenvalue weighted by Crippen LogP contribution is -2.53. The molecule has 0 saturated carbocycles. The number of ether oxygens (including phenoxy) is 1. The fraction of sp³-hybridized carbons (Fsp3) is 0.533. The van der Waals surface area contributed by atoms with E-state index in [2.05, 4.69) is 15.4 Å². The Hall–Kier alpha value is -1.53. The Labute approximate surface area is 132 Å². The van der Waals surface area contributed by atoms with E-state index in [-0.39, 0.29) is 10.8 Å². The van der Waals surface area contributed by atoms with Crippen molar-refractivity contribution in [1.29, 1.82) is 0 Å². The van der Waals surface area contributed by atoms with Gasteiger partial charge in [-0.25, -0.2) is 4.39 Å². The lowest BCUT2D eigenvalue weighted by atomic mass is 9.84. The summed E-state index contributed by atoms with van der Waals surface area (Å²) in [5, 5.41) is 7.96. The van der Waals surface area contributed by atoms with E-state index in [1.165, 1.54) is 39.1 Å². The predicted octanol–water partition coefficient (Wildman–Crippen LogP) is 3.14. The van der Waals surface area contributed by atoms with Crippen LogP contribution >= 0.6 is 11.6 Å². The van der Waals surface area contributed by atoms with E-state index in [9.17, 15) is 4.39 Å². The van der Waals surface area contributed by atoms with Gasteiger partial charge >= 0.3 is 0 Å². The average molecular weight is 326 g/mol. The lowest BCUT2D eigenvalue weighted by Gasteiger charge is -2.44. The molecule has 4 heterocycles. The first-order valence-corrected chi connectivity index (χ1v) is 7.85. The van der Waals surface area contributed by atoms with Crippen molar-refractivity contribution in [3.05, 3.63) is 16.9 Å². The summed E-state index contributed by atoms with van der Waals surface area (Å²) in [5.74, 6) is 0.843. The molecule has 118 valence electrons. The van der Waals surface area contributed by atoms with Gasteiger partial charge < -0.3 is 19.5 Å². The van der Waals surface area contributed by atoms with Gasteiger partial charge in [-0.1, -0.05) is 16.8 Å². The van der Waals surface area contributed by atoms with Crippen LogP contribution in [-0.2, 0) is 0 Å². The van der Waals surface area contributed by atoms with Gasteiger partial charge in [0.25, 0.3) is 0 Å². The first kappa shape index (κ1) is 14.1. The average Bonchev–Trinajstić information content (AvgIpc) is 2.92. The molecule has 3 fully saturated rings. The van der Waals surface area contributed by atoms with E-state index in [0.29, 0.717) is 28.7 Å². The lowest BCUT2D eigenvalue weighted by molar-refractivity contribution is 0.0973. The highest BCUT2D eigenvalue weighted by Gasteiger charge is 2.35.